The van der Waals surface area contributed by atoms with E-state index in [1.54, 1.807) is 18.3 Å². The van der Waals surface area contributed by atoms with Gasteiger partial charge in [0.05, 0.1) is 29.0 Å². The summed E-state index contributed by atoms with van der Waals surface area (Å²) in [6, 6.07) is 23.3. The Bertz CT molecular complexity index is 1460. The summed E-state index contributed by atoms with van der Waals surface area (Å²) in [6.45, 7) is 8.41. The Morgan fingerprint density at radius 3 is 2.38 bits per heavy atom. The maximum atomic E-state index is 12.0. The van der Waals surface area contributed by atoms with Crippen LogP contribution in [0.5, 0.6) is 0 Å². The Labute approximate surface area is 222 Å². The maximum absolute atomic E-state index is 12.0. The Kier molecular flexibility index (Phi) is 6.56. The zero-order valence-electron chi connectivity index (χ0n) is 21.3. The number of benzene rings is 2. The van der Waals surface area contributed by atoms with Gasteiger partial charge in [-0.15, -0.1) is 0 Å². The van der Waals surface area contributed by atoms with Crippen molar-refractivity contribution >= 4 is 29.0 Å². The predicted molar refractivity (Wildman–Crippen MR) is 151 cm³/mol. The molecular weight excluding hydrogens is 480 g/mol. The average Bonchev–Trinajstić information content (AvgIpc) is 3.39. The lowest BCUT2D eigenvalue weighted by Crippen LogP contribution is -2.29. The molecule has 2 N–H and O–H groups in total. The first-order valence-corrected chi connectivity index (χ1v) is 12.8. The summed E-state index contributed by atoms with van der Waals surface area (Å²) in [4.78, 5) is 18.8. The van der Waals surface area contributed by atoms with Crippen molar-refractivity contribution in [3.63, 3.8) is 0 Å². The summed E-state index contributed by atoms with van der Waals surface area (Å²) in [7, 11) is 0. The fraction of sp³-hybridized carbons (Fsp3) is 0.233. The number of carboxylic acid groups (broad SMARTS) is 1. The van der Waals surface area contributed by atoms with E-state index in [0.29, 0.717) is 16.7 Å². The van der Waals surface area contributed by atoms with Crippen LogP contribution < -0.4 is 10.2 Å². The molecule has 37 heavy (non-hydrogen) atoms. The van der Waals surface area contributed by atoms with E-state index in [1.807, 2.05) is 48.7 Å². The molecule has 3 heterocycles. The van der Waals surface area contributed by atoms with Crippen LogP contribution in [0.4, 0.5) is 5.69 Å². The lowest BCUT2D eigenvalue weighted by Gasteiger charge is -2.28. The summed E-state index contributed by atoms with van der Waals surface area (Å²) in [5.41, 5.74) is 7.05. The minimum atomic E-state index is -0.952. The van der Waals surface area contributed by atoms with Crippen molar-refractivity contribution in [3.05, 3.63) is 113 Å². The smallest absolute Gasteiger partial charge is 0.337 e. The zero-order chi connectivity index (χ0) is 26.3. The van der Waals surface area contributed by atoms with Crippen molar-refractivity contribution in [1.82, 2.24) is 14.9 Å². The van der Waals surface area contributed by atoms with Crippen molar-refractivity contribution in [3.8, 4) is 5.69 Å². The van der Waals surface area contributed by atoms with Crippen LogP contribution in [0.15, 0.2) is 79.0 Å². The second-order valence-electron chi connectivity index (χ2n) is 9.73. The van der Waals surface area contributed by atoms with Crippen LogP contribution in [0.3, 0.4) is 0 Å². The summed E-state index contributed by atoms with van der Waals surface area (Å²) in [5.74, 6) is -0.519. The Morgan fingerprint density at radius 1 is 1.03 bits per heavy atom. The van der Waals surface area contributed by atoms with Gasteiger partial charge in [0, 0.05) is 23.3 Å². The minimum Gasteiger partial charge on any atom is -0.478 e. The number of aromatic nitrogens is 2. The number of para-hydroxylation sites is 1. The van der Waals surface area contributed by atoms with Crippen LogP contribution in [-0.4, -0.2) is 25.7 Å². The molecule has 0 unspecified atom stereocenters. The van der Waals surface area contributed by atoms with Gasteiger partial charge in [-0.2, -0.15) is 0 Å². The molecule has 1 saturated heterocycles. The van der Waals surface area contributed by atoms with Gasteiger partial charge >= 0.3 is 5.97 Å². The lowest BCUT2D eigenvalue weighted by atomic mass is 9.96. The van der Waals surface area contributed by atoms with Gasteiger partial charge in [0.25, 0.3) is 0 Å². The third-order valence-corrected chi connectivity index (χ3v) is 7.41. The Morgan fingerprint density at radius 2 is 1.73 bits per heavy atom. The fourth-order valence-electron chi connectivity index (χ4n) is 5.28. The van der Waals surface area contributed by atoms with Gasteiger partial charge in [-0.3, -0.25) is 4.98 Å². The first kappa shape index (κ1) is 24.7. The van der Waals surface area contributed by atoms with Crippen LogP contribution >= 0.6 is 12.2 Å². The number of pyridine rings is 1. The molecular formula is C30H30N4O2S. The first-order chi connectivity index (χ1) is 17.8. The molecule has 0 spiro atoms. The highest BCUT2D eigenvalue weighted by molar-refractivity contribution is 7.80. The van der Waals surface area contributed by atoms with E-state index in [2.05, 4.69) is 59.4 Å². The number of rotatable bonds is 6. The van der Waals surface area contributed by atoms with Gasteiger partial charge in [0.2, 0.25) is 0 Å². The van der Waals surface area contributed by atoms with Crippen molar-refractivity contribution in [2.24, 2.45) is 0 Å². The first-order valence-electron chi connectivity index (χ1n) is 12.4. The van der Waals surface area contributed by atoms with E-state index in [0.717, 1.165) is 28.3 Å². The number of aromatic carboxylic acids is 1. The molecule has 1 aliphatic rings. The number of carbonyl (C=O) groups is 1. The van der Waals surface area contributed by atoms with E-state index < -0.39 is 5.97 Å². The second kappa shape index (κ2) is 9.82. The highest BCUT2D eigenvalue weighted by atomic mass is 32.1. The number of aryl methyl sites for hydroxylation is 1. The highest BCUT2D eigenvalue weighted by Gasteiger charge is 2.42. The number of hydrogen-bond donors (Lipinski definition) is 2. The SMILES string of the molecule is Cc1cc([C@@H]2[C@H](c3ccccn3)NC(=S)N2c2ccc(C(C)C)cc2)c(C)n1-c1ccccc1C(=O)O. The van der Waals surface area contributed by atoms with Gasteiger partial charge in [-0.05, 0) is 85.6 Å². The molecule has 0 aliphatic carbocycles. The molecule has 5 rings (SSSR count). The Balaban J connectivity index is 1.68. The molecule has 188 valence electrons. The number of anilines is 1. The van der Waals surface area contributed by atoms with E-state index in [4.69, 9.17) is 12.2 Å². The van der Waals surface area contributed by atoms with Crippen molar-refractivity contribution in [2.75, 3.05) is 4.90 Å². The molecule has 4 aromatic rings. The van der Waals surface area contributed by atoms with E-state index in [-0.39, 0.29) is 17.6 Å². The largest absolute Gasteiger partial charge is 0.478 e. The maximum Gasteiger partial charge on any atom is 0.337 e. The van der Waals surface area contributed by atoms with Gasteiger partial charge in [-0.25, -0.2) is 4.79 Å². The third-order valence-electron chi connectivity index (χ3n) is 7.10. The standard InChI is InChI=1S/C30H30N4O2S/c1-18(2)21-12-14-22(15-13-21)34-28(27(32-30(34)37)25-10-7-8-16-31-25)24-17-19(3)33(20(24)4)26-11-6-5-9-23(26)29(35)36/h5-18,27-28H,1-4H3,(H,32,37)(H,35,36)/t27-,28+/m0/s1. The summed E-state index contributed by atoms with van der Waals surface area (Å²) >= 11 is 5.89. The highest BCUT2D eigenvalue weighted by Crippen LogP contribution is 2.44. The number of thiocarbonyl (C=S) groups is 1. The van der Waals surface area contributed by atoms with Crippen molar-refractivity contribution < 1.29 is 9.90 Å². The third kappa shape index (κ3) is 4.40. The molecule has 7 heteroatoms. The molecule has 1 fully saturated rings. The van der Waals surface area contributed by atoms with Crippen LogP contribution in [0.25, 0.3) is 5.69 Å². The number of hydrogen-bond acceptors (Lipinski definition) is 3. The molecule has 2 atom stereocenters. The quantitative estimate of drug-likeness (QED) is 0.289. The van der Waals surface area contributed by atoms with E-state index >= 15 is 0 Å². The molecule has 2 aromatic heterocycles. The van der Waals surface area contributed by atoms with Gasteiger partial charge in [0.1, 0.15) is 0 Å². The minimum absolute atomic E-state index is 0.177. The van der Waals surface area contributed by atoms with Crippen LogP contribution in [0.2, 0.25) is 0 Å². The van der Waals surface area contributed by atoms with E-state index in [1.165, 1.54) is 5.56 Å². The van der Waals surface area contributed by atoms with Gasteiger partial charge in [0.15, 0.2) is 5.11 Å². The fourth-order valence-corrected chi connectivity index (χ4v) is 5.62. The topological polar surface area (TPSA) is 70.4 Å². The second-order valence-corrected chi connectivity index (χ2v) is 10.1. The molecule has 0 bridgehead atoms. The Hall–Kier alpha value is -3.97. The molecule has 2 aromatic carbocycles. The normalized spacial score (nSPS) is 17.3. The molecule has 0 radical (unpaired) electrons. The summed E-state index contributed by atoms with van der Waals surface area (Å²) in [6.07, 6.45) is 1.80. The molecule has 1 aliphatic heterocycles. The van der Waals surface area contributed by atoms with Crippen molar-refractivity contribution in [1.29, 1.82) is 0 Å². The van der Waals surface area contributed by atoms with Gasteiger partial charge < -0.3 is 19.9 Å². The van der Waals surface area contributed by atoms with Crippen LogP contribution in [0.1, 0.15) is 70.4 Å². The van der Waals surface area contributed by atoms with Crippen molar-refractivity contribution in [2.45, 2.75) is 45.7 Å². The number of carboxylic acids is 1. The number of nitrogens with zero attached hydrogens (tertiary/aromatic N) is 3. The van der Waals surface area contributed by atoms with Gasteiger partial charge in [-0.1, -0.05) is 44.2 Å². The zero-order valence-corrected chi connectivity index (χ0v) is 22.2. The van der Waals surface area contributed by atoms with E-state index in [9.17, 15) is 9.90 Å². The monoisotopic (exact) mass is 510 g/mol. The molecule has 0 saturated carbocycles. The molecule has 0 amide bonds. The summed E-state index contributed by atoms with van der Waals surface area (Å²) < 4.78 is 2.02. The number of nitrogens with one attached hydrogen (secondary N) is 1. The van der Waals surface area contributed by atoms with Crippen LogP contribution in [-0.2, 0) is 0 Å². The van der Waals surface area contributed by atoms with Crippen LogP contribution in [0, 0.1) is 13.8 Å². The predicted octanol–water partition coefficient (Wildman–Crippen LogP) is 6.49. The lowest BCUT2D eigenvalue weighted by molar-refractivity contribution is 0.0697. The summed E-state index contributed by atoms with van der Waals surface area (Å²) in [5, 5.41) is 14.0. The molecule has 6 nitrogen and oxygen atoms in total. The average molecular weight is 511 g/mol.